The highest BCUT2D eigenvalue weighted by Crippen LogP contribution is 2.50. The first-order valence-corrected chi connectivity index (χ1v) is 12.1. The van der Waals surface area contributed by atoms with Gasteiger partial charge in [-0.1, -0.05) is 49.6 Å². The van der Waals surface area contributed by atoms with E-state index in [1.54, 1.807) is 31.2 Å². The van der Waals surface area contributed by atoms with E-state index in [4.69, 9.17) is 4.74 Å². The lowest BCUT2D eigenvalue weighted by molar-refractivity contribution is -0.145. The molecule has 0 spiro atoms. The van der Waals surface area contributed by atoms with Gasteiger partial charge < -0.3 is 15.2 Å². The number of halogens is 1. The van der Waals surface area contributed by atoms with E-state index in [9.17, 15) is 19.1 Å². The number of hydrogen-bond acceptors (Lipinski definition) is 5. The van der Waals surface area contributed by atoms with E-state index in [2.05, 4.69) is 10.7 Å². The molecule has 35 heavy (non-hydrogen) atoms. The minimum Gasteiger partial charge on any atom is -0.479 e. The van der Waals surface area contributed by atoms with Crippen LogP contribution in [0, 0.1) is 18.7 Å². The van der Waals surface area contributed by atoms with Gasteiger partial charge in [-0.25, -0.2) is 14.6 Å². The summed E-state index contributed by atoms with van der Waals surface area (Å²) in [5, 5.41) is 15.2. The first-order valence-electron chi connectivity index (χ1n) is 12.1. The van der Waals surface area contributed by atoms with Crippen molar-refractivity contribution in [1.29, 1.82) is 0 Å². The smallest absolute Gasteiger partial charge is 0.331 e. The number of hydrazine groups is 1. The number of ether oxygens (including phenoxy) is 1. The van der Waals surface area contributed by atoms with Crippen LogP contribution < -0.4 is 15.8 Å². The van der Waals surface area contributed by atoms with Crippen molar-refractivity contribution in [3.05, 3.63) is 65.5 Å². The van der Waals surface area contributed by atoms with E-state index in [0.29, 0.717) is 37.2 Å². The quantitative estimate of drug-likeness (QED) is 0.414. The van der Waals surface area contributed by atoms with Crippen molar-refractivity contribution in [3.8, 4) is 0 Å². The first kappa shape index (κ1) is 26.6. The molecule has 0 radical (unpaired) electrons. The molecule has 0 saturated carbocycles. The fraction of sp³-hybridized carbons (Fsp3) is 0.481. The number of hydrogen-bond donors (Lipinski definition) is 3. The van der Waals surface area contributed by atoms with Crippen molar-refractivity contribution in [2.24, 2.45) is 5.92 Å². The number of aliphatic carboxylic acids is 1. The van der Waals surface area contributed by atoms with E-state index in [0.717, 1.165) is 18.4 Å². The zero-order valence-electron chi connectivity index (χ0n) is 20.9. The highest BCUT2D eigenvalue weighted by atomic mass is 19.1. The molecular weight excluding hydrogens is 449 g/mol. The van der Waals surface area contributed by atoms with E-state index in [1.165, 1.54) is 12.1 Å². The van der Waals surface area contributed by atoms with Gasteiger partial charge in [0.15, 0.2) is 5.54 Å². The van der Waals surface area contributed by atoms with Crippen LogP contribution in [0.1, 0.15) is 50.7 Å². The summed E-state index contributed by atoms with van der Waals surface area (Å²) >= 11 is 0. The van der Waals surface area contributed by atoms with E-state index in [-0.39, 0.29) is 5.91 Å². The maximum atomic E-state index is 14.0. The number of carbonyl (C=O) groups is 2. The number of carbonyl (C=O) groups excluding carboxylic acids is 1. The molecule has 3 atom stereocenters. The Morgan fingerprint density at radius 1 is 1.14 bits per heavy atom. The number of nitrogens with zero attached hydrogens (tertiary/aromatic N) is 1. The number of unbranched alkanes of at least 4 members (excludes halogenated alkanes) is 1. The second kappa shape index (κ2) is 11.2. The van der Waals surface area contributed by atoms with E-state index >= 15 is 0 Å². The summed E-state index contributed by atoms with van der Waals surface area (Å²) in [6, 6.07) is 13.2. The highest BCUT2D eigenvalue weighted by Gasteiger charge is 2.66. The van der Waals surface area contributed by atoms with Gasteiger partial charge in [-0.15, -0.1) is 0 Å². The second-order valence-corrected chi connectivity index (χ2v) is 9.35. The fourth-order valence-corrected chi connectivity index (χ4v) is 5.00. The lowest BCUT2D eigenvalue weighted by Crippen LogP contribution is -2.57. The molecule has 2 aromatic rings. The topological polar surface area (TPSA) is 90.9 Å². The van der Waals surface area contributed by atoms with Gasteiger partial charge in [-0.3, -0.25) is 9.80 Å². The Morgan fingerprint density at radius 2 is 1.80 bits per heavy atom. The van der Waals surface area contributed by atoms with Crippen LogP contribution in [-0.4, -0.2) is 42.8 Å². The summed E-state index contributed by atoms with van der Waals surface area (Å²) in [5.41, 5.74) is 2.65. The van der Waals surface area contributed by atoms with Crippen LogP contribution in [0.2, 0.25) is 0 Å². The van der Waals surface area contributed by atoms with Gasteiger partial charge in [0.2, 0.25) is 5.91 Å². The van der Waals surface area contributed by atoms with Crippen LogP contribution in [0.15, 0.2) is 48.5 Å². The summed E-state index contributed by atoms with van der Waals surface area (Å²) in [6.07, 6.45) is 2.67. The number of rotatable bonds is 11. The number of aryl methyl sites for hydroxylation is 1. The number of anilines is 1. The predicted molar refractivity (Wildman–Crippen MR) is 133 cm³/mol. The Hall–Kier alpha value is -2.97. The Morgan fingerprint density at radius 3 is 2.37 bits per heavy atom. The fourth-order valence-electron chi connectivity index (χ4n) is 5.00. The largest absolute Gasteiger partial charge is 0.479 e. The third-order valence-electron chi connectivity index (χ3n) is 6.99. The molecule has 0 aliphatic carbocycles. The normalized spacial score (nSPS) is 23.9. The van der Waals surface area contributed by atoms with Crippen LogP contribution in [0.4, 0.5) is 10.1 Å². The SMILES string of the molecule is CCCCC1C(C(=O)NCCCOC)(c2ccc(F)cc2)NN(c2ccc(C)cc2)C1(C)C(=O)O. The Kier molecular flexibility index (Phi) is 8.51. The molecule has 1 aliphatic rings. The summed E-state index contributed by atoms with van der Waals surface area (Å²) < 4.78 is 19.0. The first-order chi connectivity index (χ1) is 16.7. The van der Waals surface area contributed by atoms with Crippen LogP contribution >= 0.6 is 0 Å². The third kappa shape index (κ3) is 5.04. The molecule has 1 aliphatic heterocycles. The molecule has 3 rings (SSSR count). The van der Waals surface area contributed by atoms with Crippen molar-refractivity contribution < 1.29 is 23.8 Å². The van der Waals surface area contributed by atoms with Crippen LogP contribution in [0.5, 0.6) is 0 Å². The molecule has 0 aromatic heterocycles. The van der Waals surface area contributed by atoms with Crippen molar-refractivity contribution in [2.45, 2.75) is 57.5 Å². The van der Waals surface area contributed by atoms with Crippen LogP contribution in [0.25, 0.3) is 0 Å². The molecule has 1 heterocycles. The average molecular weight is 486 g/mol. The van der Waals surface area contributed by atoms with Gasteiger partial charge in [0.1, 0.15) is 11.4 Å². The maximum Gasteiger partial charge on any atom is 0.331 e. The summed E-state index contributed by atoms with van der Waals surface area (Å²) in [6.45, 7) is 6.50. The molecule has 7 nitrogen and oxygen atoms in total. The number of amides is 1. The van der Waals surface area contributed by atoms with Crippen molar-refractivity contribution >= 4 is 17.6 Å². The number of carboxylic acid groups (broad SMARTS) is 1. The zero-order chi connectivity index (χ0) is 25.6. The number of benzene rings is 2. The third-order valence-corrected chi connectivity index (χ3v) is 6.99. The molecular formula is C27H36FN3O4. The summed E-state index contributed by atoms with van der Waals surface area (Å²) in [7, 11) is 1.60. The monoisotopic (exact) mass is 485 g/mol. The number of nitrogens with one attached hydrogen (secondary N) is 2. The minimum atomic E-state index is -1.46. The minimum absolute atomic E-state index is 0.344. The predicted octanol–water partition coefficient (Wildman–Crippen LogP) is 4.16. The van der Waals surface area contributed by atoms with Gasteiger partial charge in [-0.2, -0.15) is 0 Å². The van der Waals surface area contributed by atoms with Gasteiger partial charge >= 0.3 is 5.97 Å². The second-order valence-electron chi connectivity index (χ2n) is 9.35. The van der Waals surface area contributed by atoms with E-state index in [1.807, 2.05) is 38.1 Å². The molecule has 190 valence electrons. The van der Waals surface area contributed by atoms with Gasteiger partial charge in [-0.05, 0) is 56.5 Å². The lowest BCUT2D eigenvalue weighted by Gasteiger charge is -2.37. The van der Waals surface area contributed by atoms with Crippen molar-refractivity contribution in [1.82, 2.24) is 10.7 Å². The lowest BCUT2D eigenvalue weighted by atomic mass is 9.68. The zero-order valence-corrected chi connectivity index (χ0v) is 20.9. The van der Waals surface area contributed by atoms with Crippen molar-refractivity contribution in [2.75, 3.05) is 25.3 Å². The Bertz CT molecular complexity index is 1010. The van der Waals surface area contributed by atoms with Crippen LogP contribution in [-0.2, 0) is 19.9 Å². The Labute approximate surface area is 206 Å². The molecule has 3 unspecified atom stereocenters. The highest BCUT2D eigenvalue weighted by molar-refractivity contribution is 5.94. The standard InChI is InChI=1S/C27H36FN3O4/c1-5-6-8-23-26(3,25(33)34)31(22-15-9-19(2)10-16-22)30-27(23,20-11-13-21(28)14-12-20)24(32)29-17-7-18-35-4/h9-16,23,30H,5-8,17-18H2,1-4H3,(H,29,32)(H,33,34). The van der Waals surface area contributed by atoms with E-state index < -0.39 is 28.8 Å². The van der Waals surface area contributed by atoms with Gasteiger partial charge in [0, 0.05) is 26.2 Å². The molecule has 8 heteroatoms. The Balaban J connectivity index is 2.21. The molecule has 0 bridgehead atoms. The molecule has 2 aromatic carbocycles. The maximum absolute atomic E-state index is 14.0. The van der Waals surface area contributed by atoms with Crippen LogP contribution in [0.3, 0.4) is 0 Å². The average Bonchev–Trinajstić information content (AvgIpc) is 3.12. The van der Waals surface area contributed by atoms with Gasteiger partial charge in [0.25, 0.3) is 0 Å². The molecule has 1 saturated heterocycles. The molecule has 1 amide bonds. The summed E-state index contributed by atoms with van der Waals surface area (Å²) in [5.74, 6) is -2.46. The molecule has 3 N–H and O–H groups in total. The van der Waals surface area contributed by atoms with Gasteiger partial charge in [0.05, 0.1) is 5.69 Å². The molecule has 1 fully saturated rings. The number of carboxylic acids is 1. The van der Waals surface area contributed by atoms with Crippen molar-refractivity contribution in [3.63, 3.8) is 0 Å². The number of methoxy groups -OCH3 is 1. The summed E-state index contributed by atoms with van der Waals surface area (Å²) in [4.78, 5) is 27.0.